The van der Waals surface area contributed by atoms with Gasteiger partial charge in [0.05, 0.1) is 5.52 Å². The second-order valence-electron chi connectivity index (χ2n) is 6.58. The van der Waals surface area contributed by atoms with Crippen molar-refractivity contribution in [1.82, 2.24) is 4.57 Å². The molecule has 152 valence electrons. The molecule has 3 aromatic rings. The minimum absolute atomic E-state index is 0.206. The predicted octanol–water partition coefficient (Wildman–Crippen LogP) is 7.14. The van der Waals surface area contributed by atoms with E-state index in [1.807, 2.05) is 45.9 Å². The molecule has 4 heteroatoms. The normalized spacial score (nSPS) is 10.2. The van der Waals surface area contributed by atoms with Gasteiger partial charge in [0, 0.05) is 34.2 Å². The predicted molar refractivity (Wildman–Crippen MR) is 122 cm³/mol. The third-order valence-electron chi connectivity index (χ3n) is 4.57. The molecular formula is C24H34FN3. The van der Waals surface area contributed by atoms with E-state index in [0.29, 0.717) is 22.7 Å². The van der Waals surface area contributed by atoms with Gasteiger partial charge in [-0.2, -0.15) is 0 Å². The van der Waals surface area contributed by atoms with E-state index in [1.54, 1.807) is 13.0 Å². The van der Waals surface area contributed by atoms with Crippen LogP contribution in [0.25, 0.3) is 16.6 Å². The molecule has 0 fully saturated rings. The zero-order chi connectivity index (χ0) is 21.6. The van der Waals surface area contributed by atoms with Crippen molar-refractivity contribution in [3.8, 4) is 5.69 Å². The summed E-state index contributed by atoms with van der Waals surface area (Å²) in [6.45, 7) is 16.2. The fourth-order valence-corrected chi connectivity index (χ4v) is 3.40. The molecule has 0 aliphatic heterocycles. The largest absolute Gasteiger partial charge is 0.398 e. The van der Waals surface area contributed by atoms with Crippen LogP contribution in [0.4, 0.5) is 10.1 Å². The first kappa shape index (κ1) is 23.4. The molecule has 3 rings (SSSR count). The second-order valence-corrected chi connectivity index (χ2v) is 6.58. The summed E-state index contributed by atoms with van der Waals surface area (Å²) in [6.07, 6.45) is 1.27. The number of aromatic nitrogens is 1. The number of aryl methyl sites for hydroxylation is 2. The van der Waals surface area contributed by atoms with Crippen molar-refractivity contribution in [2.75, 3.05) is 5.73 Å². The number of hydrogen-bond donors (Lipinski definition) is 2. The van der Waals surface area contributed by atoms with Crippen LogP contribution in [-0.4, -0.2) is 10.8 Å². The van der Waals surface area contributed by atoms with Gasteiger partial charge < -0.3 is 15.7 Å². The Morgan fingerprint density at radius 2 is 1.64 bits per heavy atom. The molecule has 0 aliphatic rings. The summed E-state index contributed by atoms with van der Waals surface area (Å²) in [5.74, 6) is 0.0925. The van der Waals surface area contributed by atoms with Crippen LogP contribution in [0.3, 0.4) is 0 Å². The van der Waals surface area contributed by atoms with E-state index >= 15 is 0 Å². The highest BCUT2D eigenvalue weighted by Crippen LogP contribution is 2.35. The zero-order valence-corrected chi connectivity index (χ0v) is 18.4. The maximum absolute atomic E-state index is 13.7. The topological polar surface area (TPSA) is 54.8 Å². The van der Waals surface area contributed by atoms with Crippen molar-refractivity contribution >= 4 is 22.8 Å². The van der Waals surface area contributed by atoms with Gasteiger partial charge in [0.25, 0.3) is 0 Å². The molecule has 0 radical (unpaired) electrons. The van der Waals surface area contributed by atoms with E-state index in [4.69, 9.17) is 11.1 Å². The van der Waals surface area contributed by atoms with Gasteiger partial charge in [-0.05, 0) is 61.2 Å². The number of nitrogens with two attached hydrogens (primary N) is 1. The summed E-state index contributed by atoms with van der Waals surface area (Å²) in [7, 11) is 0. The molecule has 0 unspecified atom stereocenters. The van der Waals surface area contributed by atoms with Crippen LogP contribution < -0.4 is 5.73 Å². The fourth-order valence-electron chi connectivity index (χ4n) is 3.40. The first-order valence-electron chi connectivity index (χ1n) is 10.1. The van der Waals surface area contributed by atoms with Gasteiger partial charge in [0.15, 0.2) is 0 Å². The molecule has 0 bridgehead atoms. The van der Waals surface area contributed by atoms with E-state index in [2.05, 4.69) is 25.3 Å². The van der Waals surface area contributed by atoms with Gasteiger partial charge in [-0.15, -0.1) is 0 Å². The smallest absolute Gasteiger partial charge is 0.126 e. The van der Waals surface area contributed by atoms with Crippen LogP contribution in [0.1, 0.15) is 69.8 Å². The number of rotatable bonds is 3. The molecule has 0 spiro atoms. The highest BCUT2D eigenvalue weighted by Gasteiger charge is 2.19. The number of benzene rings is 2. The van der Waals surface area contributed by atoms with Crippen LogP contribution in [0.2, 0.25) is 0 Å². The van der Waals surface area contributed by atoms with Gasteiger partial charge >= 0.3 is 0 Å². The number of nitrogens with one attached hydrogen (secondary N) is 1. The minimum Gasteiger partial charge on any atom is -0.398 e. The zero-order valence-electron chi connectivity index (χ0n) is 18.4. The fraction of sp³-hybridized carbons (Fsp3) is 0.375. The van der Waals surface area contributed by atoms with Gasteiger partial charge in [-0.25, -0.2) is 4.39 Å². The molecule has 2 aromatic carbocycles. The van der Waals surface area contributed by atoms with Crippen molar-refractivity contribution in [1.29, 1.82) is 5.41 Å². The number of halogens is 1. The molecule has 1 heterocycles. The summed E-state index contributed by atoms with van der Waals surface area (Å²) < 4.78 is 15.9. The SMILES string of the molecule is CC.CC.Cc1cc(-n2c(C(C)C)c(C)c3cc(N)c(C=N)cc32)ccc1F. The lowest BCUT2D eigenvalue weighted by Crippen LogP contribution is -2.04. The molecule has 3 nitrogen and oxygen atoms in total. The van der Waals surface area contributed by atoms with Crippen LogP contribution in [0, 0.1) is 25.1 Å². The van der Waals surface area contributed by atoms with Gasteiger partial charge in [-0.1, -0.05) is 41.5 Å². The maximum Gasteiger partial charge on any atom is 0.126 e. The Kier molecular flexibility index (Phi) is 8.42. The summed E-state index contributed by atoms with van der Waals surface area (Å²) in [4.78, 5) is 0. The lowest BCUT2D eigenvalue weighted by molar-refractivity contribution is 0.618. The first-order valence-corrected chi connectivity index (χ1v) is 10.1. The van der Waals surface area contributed by atoms with E-state index in [9.17, 15) is 4.39 Å². The number of anilines is 1. The molecule has 28 heavy (non-hydrogen) atoms. The number of hydrogen-bond acceptors (Lipinski definition) is 2. The van der Waals surface area contributed by atoms with Crippen molar-refractivity contribution in [2.24, 2.45) is 0 Å². The molecule has 3 N–H and O–H groups in total. The summed E-state index contributed by atoms with van der Waals surface area (Å²) in [6, 6.07) is 9.04. The van der Waals surface area contributed by atoms with Crippen LogP contribution in [-0.2, 0) is 0 Å². The van der Waals surface area contributed by atoms with Crippen molar-refractivity contribution in [3.63, 3.8) is 0 Å². The number of nitrogens with zero attached hydrogens (tertiary/aromatic N) is 1. The van der Waals surface area contributed by atoms with Crippen LogP contribution in [0.5, 0.6) is 0 Å². The van der Waals surface area contributed by atoms with Crippen molar-refractivity contribution in [2.45, 2.75) is 61.3 Å². The maximum atomic E-state index is 13.7. The third-order valence-corrected chi connectivity index (χ3v) is 4.57. The number of nitrogen functional groups attached to an aromatic ring is 1. The average Bonchev–Trinajstić information content (AvgIpc) is 2.98. The molecule has 0 saturated carbocycles. The molecule has 0 atom stereocenters. The summed E-state index contributed by atoms with van der Waals surface area (Å²) in [5.41, 5.74) is 12.3. The van der Waals surface area contributed by atoms with Crippen LogP contribution >= 0.6 is 0 Å². The average molecular weight is 384 g/mol. The Morgan fingerprint density at radius 3 is 2.14 bits per heavy atom. The highest BCUT2D eigenvalue weighted by molar-refractivity contribution is 5.97. The Morgan fingerprint density at radius 1 is 1.04 bits per heavy atom. The third kappa shape index (κ3) is 4.27. The number of fused-ring (bicyclic) bond motifs is 1. The summed E-state index contributed by atoms with van der Waals surface area (Å²) >= 11 is 0. The van der Waals surface area contributed by atoms with Crippen molar-refractivity contribution in [3.05, 3.63) is 58.5 Å². The van der Waals surface area contributed by atoms with Crippen LogP contribution in [0.15, 0.2) is 30.3 Å². The van der Waals surface area contributed by atoms with Crippen molar-refractivity contribution < 1.29 is 4.39 Å². The Bertz CT molecular complexity index is 952. The molecule has 1 aromatic heterocycles. The Labute approximate surface area is 168 Å². The first-order chi connectivity index (χ1) is 13.3. The van der Waals surface area contributed by atoms with E-state index in [-0.39, 0.29) is 5.82 Å². The highest BCUT2D eigenvalue weighted by atomic mass is 19.1. The second kappa shape index (κ2) is 10.1. The monoisotopic (exact) mass is 383 g/mol. The standard InChI is InChI=1S/C20H22FN3.2C2H6/c1-11(2)20-13(4)16-9-18(23)14(10-22)8-19(16)24(20)15-5-6-17(21)12(3)7-15;2*1-2/h5-11,22H,23H2,1-4H3;2*1-2H3. The lowest BCUT2D eigenvalue weighted by Gasteiger charge is -2.15. The Balaban J connectivity index is 0.000000921. The lowest BCUT2D eigenvalue weighted by atomic mass is 10.0. The quantitative estimate of drug-likeness (QED) is 0.366. The van der Waals surface area contributed by atoms with Gasteiger partial charge in [-0.3, -0.25) is 0 Å². The van der Waals surface area contributed by atoms with Gasteiger partial charge in [0.2, 0.25) is 0 Å². The molecular weight excluding hydrogens is 349 g/mol. The molecule has 0 aliphatic carbocycles. The van der Waals surface area contributed by atoms with Gasteiger partial charge in [0.1, 0.15) is 5.82 Å². The van der Waals surface area contributed by atoms with E-state index in [0.717, 1.165) is 16.6 Å². The Hall–Kier alpha value is -2.62. The molecule has 0 amide bonds. The minimum atomic E-state index is -0.206. The van der Waals surface area contributed by atoms with E-state index in [1.165, 1.54) is 23.5 Å². The van der Waals surface area contributed by atoms with E-state index < -0.39 is 0 Å². The molecule has 0 saturated heterocycles. The summed E-state index contributed by atoms with van der Waals surface area (Å²) in [5, 5.41) is 8.65.